The molecule has 1 atom stereocenters. The van der Waals surface area contributed by atoms with E-state index < -0.39 is 6.04 Å². The molecule has 5 nitrogen and oxygen atoms in total. The molecule has 0 aliphatic rings. The van der Waals surface area contributed by atoms with Gasteiger partial charge >= 0.3 is 0 Å². The fourth-order valence-corrected chi connectivity index (χ4v) is 2.69. The first-order valence-corrected chi connectivity index (χ1v) is 9.23. The molecule has 0 fully saturated rings. The topological polar surface area (TPSA) is 71.1 Å². The average molecular weight is 367 g/mol. The molecule has 0 saturated heterocycles. The molecule has 1 heterocycles. The van der Waals surface area contributed by atoms with Crippen LogP contribution in [0.3, 0.4) is 0 Å². The van der Waals surface area contributed by atoms with Crippen LogP contribution < -0.4 is 10.6 Å². The Morgan fingerprint density at radius 1 is 1.04 bits per heavy atom. The summed E-state index contributed by atoms with van der Waals surface area (Å²) in [5.74, 6) is -0.119. The van der Waals surface area contributed by atoms with E-state index in [1.807, 2.05) is 39.0 Å². The minimum absolute atomic E-state index is 0.0240. The normalized spacial score (nSPS) is 12.6. The molecule has 2 N–H and O–H groups in total. The molecule has 0 saturated carbocycles. The van der Waals surface area contributed by atoms with Crippen LogP contribution in [0.5, 0.6) is 0 Å². The van der Waals surface area contributed by atoms with E-state index in [4.69, 9.17) is 0 Å². The fourth-order valence-electron chi connectivity index (χ4n) is 2.69. The Balaban J connectivity index is 2.10. The number of nitrogens with one attached hydrogen (secondary N) is 2. The highest BCUT2D eigenvalue weighted by Gasteiger charge is 2.25. The zero-order valence-electron chi connectivity index (χ0n) is 17.0. The Bertz CT molecular complexity index is 805. The number of pyridine rings is 1. The van der Waals surface area contributed by atoms with Gasteiger partial charge in [-0.2, -0.15) is 0 Å². The van der Waals surface area contributed by atoms with Crippen molar-refractivity contribution in [2.45, 2.75) is 53.0 Å². The van der Waals surface area contributed by atoms with Crippen LogP contribution in [0.4, 0.5) is 5.82 Å². The van der Waals surface area contributed by atoms with Gasteiger partial charge < -0.3 is 10.6 Å². The van der Waals surface area contributed by atoms with Gasteiger partial charge in [0.1, 0.15) is 11.9 Å². The molecular weight excluding hydrogens is 338 g/mol. The number of hydrogen-bond acceptors (Lipinski definition) is 3. The van der Waals surface area contributed by atoms with Gasteiger partial charge in [0.05, 0.1) is 0 Å². The summed E-state index contributed by atoms with van der Waals surface area (Å²) in [5, 5.41) is 5.63. The maximum atomic E-state index is 12.7. The largest absolute Gasteiger partial charge is 0.340 e. The Morgan fingerprint density at radius 3 is 2.19 bits per heavy atom. The van der Waals surface area contributed by atoms with E-state index in [0.29, 0.717) is 11.4 Å². The number of hydrogen-bond donors (Lipinski definition) is 2. The Morgan fingerprint density at radius 2 is 1.67 bits per heavy atom. The van der Waals surface area contributed by atoms with Crippen molar-refractivity contribution >= 4 is 17.6 Å². The quantitative estimate of drug-likeness (QED) is 0.836. The molecule has 1 unspecified atom stereocenters. The van der Waals surface area contributed by atoms with E-state index in [1.165, 1.54) is 0 Å². The van der Waals surface area contributed by atoms with Crippen molar-refractivity contribution in [2.24, 2.45) is 5.92 Å². The van der Waals surface area contributed by atoms with Gasteiger partial charge in [-0.1, -0.05) is 46.8 Å². The highest BCUT2D eigenvalue weighted by atomic mass is 16.2. The summed E-state index contributed by atoms with van der Waals surface area (Å²) in [5.41, 5.74) is 2.72. The van der Waals surface area contributed by atoms with Crippen molar-refractivity contribution in [2.75, 3.05) is 5.32 Å². The zero-order valence-corrected chi connectivity index (χ0v) is 17.0. The first-order chi connectivity index (χ1) is 12.6. The molecule has 0 radical (unpaired) electrons. The highest BCUT2D eigenvalue weighted by molar-refractivity contribution is 6.01. The predicted octanol–water partition coefficient (Wildman–Crippen LogP) is 4.08. The van der Waals surface area contributed by atoms with Crippen LogP contribution in [0.2, 0.25) is 0 Å². The van der Waals surface area contributed by atoms with Gasteiger partial charge in [0.25, 0.3) is 5.91 Å². The number of carbonyl (C=O) groups excluding carboxylic acids is 2. The third kappa shape index (κ3) is 5.64. The minimum Gasteiger partial charge on any atom is -0.340 e. The van der Waals surface area contributed by atoms with Gasteiger partial charge in [0.15, 0.2) is 0 Å². The van der Waals surface area contributed by atoms with Gasteiger partial charge in [-0.3, -0.25) is 9.59 Å². The molecule has 27 heavy (non-hydrogen) atoms. The Kier molecular flexibility index (Phi) is 6.37. The number of anilines is 1. The summed E-state index contributed by atoms with van der Waals surface area (Å²) >= 11 is 0. The van der Waals surface area contributed by atoms with Crippen LogP contribution in [-0.4, -0.2) is 22.8 Å². The van der Waals surface area contributed by atoms with Crippen molar-refractivity contribution in [1.29, 1.82) is 0 Å². The second-order valence-corrected chi connectivity index (χ2v) is 8.23. The van der Waals surface area contributed by atoms with Crippen LogP contribution in [-0.2, 0) is 10.2 Å². The summed E-state index contributed by atoms with van der Waals surface area (Å²) in [6.45, 7) is 12.1. The summed E-state index contributed by atoms with van der Waals surface area (Å²) < 4.78 is 0. The molecule has 2 amide bonds. The lowest BCUT2D eigenvalue weighted by Crippen LogP contribution is -2.47. The lowest BCUT2D eigenvalue weighted by molar-refractivity contribution is -0.118. The maximum absolute atomic E-state index is 12.7. The molecule has 2 rings (SSSR count). The highest BCUT2D eigenvalue weighted by Crippen LogP contribution is 2.22. The molecule has 1 aromatic heterocycles. The zero-order chi connectivity index (χ0) is 20.2. The van der Waals surface area contributed by atoms with Crippen molar-refractivity contribution in [3.63, 3.8) is 0 Å². The van der Waals surface area contributed by atoms with Gasteiger partial charge in [0.2, 0.25) is 5.91 Å². The lowest BCUT2D eigenvalue weighted by Gasteiger charge is -2.22. The molecule has 0 bridgehead atoms. The van der Waals surface area contributed by atoms with Crippen LogP contribution in [0.15, 0.2) is 42.6 Å². The lowest BCUT2D eigenvalue weighted by atomic mass is 9.86. The van der Waals surface area contributed by atoms with Crippen molar-refractivity contribution in [3.05, 3.63) is 59.3 Å². The maximum Gasteiger partial charge on any atom is 0.251 e. The number of rotatable bonds is 5. The third-order valence-electron chi connectivity index (χ3n) is 4.42. The van der Waals surface area contributed by atoms with E-state index in [9.17, 15) is 9.59 Å². The van der Waals surface area contributed by atoms with E-state index >= 15 is 0 Å². The molecule has 1 aromatic carbocycles. The predicted molar refractivity (Wildman–Crippen MR) is 109 cm³/mol. The third-order valence-corrected chi connectivity index (χ3v) is 4.42. The minimum atomic E-state index is -0.651. The molecular formula is C22H29N3O2. The fraction of sp³-hybridized carbons (Fsp3) is 0.409. The summed E-state index contributed by atoms with van der Waals surface area (Å²) in [6, 6.07) is 10.5. The Hall–Kier alpha value is -2.69. The smallest absolute Gasteiger partial charge is 0.251 e. The summed E-state index contributed by atoms with van der Waals surface area (Å²) in [6.07, 6.45) is 1.64. The van der Waals surface area contributed by atoms with E-state index in [0.717, 1.165) is 11.1 Å². The molecule has 144 valence electrons. The summed E-state index contributed by atoms with van der Waals surface area (Å²) in [7, 11) is 0. The van der Waals surface area contributed by atoms with E-state index in [-0.39, 0.29) is 23.1 Å². The molecule has 0 aliphatic heterocycles. The first-order valence-electron chi connectivity index (χ1n) is 9.23. The standard InChI is InChI=1S/C22H29N3O2/c1-14(2)19(21(27)24-18-13-15(3)11-12-23-18)25-20(26)16-7-9-17(10-8-16)22(4,5)6/h7-14,19H,1-6H3,(H,25,26)(H,23,24,27). The van der Waals surface area contributed by atoms with Crippen LogP contribution in [0.25, 0.3) is 0 Å². The van der Waals surface area contributed by atoms with Gasteiger partial charge in [0, 0.05) is 11.8 Å². The Labute approximate surface area is 161 Å². The van der Waals surface area contributed by atoms with Gasteiger partial charge in [-0.25, -0.2) is 4.98 Å². The van der Waals surface area contributed by atoms with Gasteiger partial charge in [-0.05, 0) is 53.6 Å². The van der Waals surface area contributed by atoms with Crippen LogP contribution in [0, 0.1) is 12.8 Å². The number of carbonyl (C=O) groups is 2. The monoisotopic (exact) mass is 367 g/mol. The number of amides is 2. The van der Waals surface area contributed by atoms with Gasteiger partial charge in [-0.15, -0.1) is 0 Å². The molecule has 5 heteroatoms. The molecule has 0 spiro atoms. The van der Waals surface area contributed by atoms with E-state index in [2.05, 4.69) is 36.4 Å². The SMILES string of the molecule is Cc1ccnc(NC(=O)C(NC(=O)c2ccc(C(C)(C)C)cc2)C(C)C)c1. The summed E-state index contributed by atoms with van der Waals surface area (Å²) in [4.78, 5) is 29.4. The molecule has 2 aromatic rings. The number of aromatic nitrogens is 1. The van der Waals surface area contributed by atoms with Crippen molar-refractivity contribution in [3.8, 4) is 0 Å². The van der Waals surface area contributed by atoms with Crippen LogP contribution in [0.1, 0.15) is 56.1 Å². The second-order valence-electron chi connectivity index (χ2n) is 8.23. The number of nitrogens with zero attached hydrogens (tertiary/aromatic N) is 1. The molecule has 0 aliphatic carbocycles. The second kappa shape index (κ2) is 8.33. The van der Waals surface area contributed by atoms with Crippen LogP contribution >= 0.6 is 0 Å². The first kappa shape index (κ1) is 20.6. The van der Waals surface area contributed by atoms with E-state index in [1.54, 1.807) is 24.4 Å². The van der Waals surface area contributed by atoms with Crippen molar-refractivity contribution in [1.82, 2.24) is 10.3 Å². The average Bonchev–Trinajstić information content (AvgIpc) is 2.58. The number of benzene rings is 1. The van der Waals surface area contributed by atoms with Crippen molar-refractivity contribution < 1.29 is 9.59 Å². The number of aryl methyl sites for hydroxylation is 1.